The number of halogens is 1. The summed E-state index contributed by atoms with van der Waals surface area (Å²) in [4.78, 5) is 30.6. The van der Waals surface area contributed by atoms with Crippen molar-refractivity contribution in [1.29, 1.82) is 0 Å². The van der Waals surface area contributed by atoms with E-state index < -0.39 is 11.7 Å². The van der Waals surface area contributed by atoms with Crippen molar-refractivity contribution in [3.63, 3.8) is 0 Å². The van der Waals surface area contributed by atoms with Gasteiger partial charge in [0.2, 0.25) is 0 Å². The first-order chi connectivity index (χ1) is 13.7. The molecule has 2 heterocycles. The van der Waals surface area contributed by atoms with E-state index in [1.54, 1.807) is 27.9 Å². The highest BCUT2D eigenvalue weighted by molar-refractivity contribution is 5.93. The monoisotopic (exact) mass is 402 g/mol. The largest absolute Gasteiger partial charge is 0.444 e. The molecule has 0 aliphatic carbocycles. The van der Waals surface area contributed by atoms with Gasteiger partial charge in [-0.15, -0.1) is 0 Å². The first kappa shape index (κ1) is 20.8. The van der Waals surface area contributed by atoms with E-state index in [1.807, 2.05) is 20.8 Å². The van der Waals surface area contributed by atoms with Crippen molar-refractivity contribution in [2.24, 2.45) is 5.92 Å². The Morgan fingerprint density at radius 3 is 2.48 bits per heavy atom. The van der Waals surface area contributed by atoms with Crippen molar-refractivity contribution in [2.45, 2.75) is 39.2 Å². The first-order valence-corrected chi connectivity index (χ1v) is 9.77. The van der Waals surface area contributed by atoms with Crippen LogP contribution in [0.3, 0.4) is 0 Å². The third-order valence-corrected chi connectivity index (χ3v) is 4.80. The van der Waals surface area contributed by atoms with Gasteiger partial charge in [-0.05, 0) is 63.8 Å². The molecule has 29 heavy (non-hydrogen) atoms. The summed E-state index contributed by atoms with van der Waals surface area (Å²) in [5, 5.41) is 2.81. The number of carbonyl (C=O) groups excluding carboxylic acids is 2. The predicted octanol–water partition coefficient (Wildman–Crippen LogP) is 3.39. The zero-order valence-corrected chi connectivity index (χ0v) is 17.0. The smallest absolute Gasteiger partial charge is 0.407 e. The molecule has 7 nitrogen and oxygen atoms in total. The summed E-state index contributed by atoms with van der Waals surface area (Å²) in [7, 11) is 0. The summed E-state index contributed by atoms with van der Waals surface area (Å²) in [6, 6.07) is 5.93. The summed E-state index contributed by atoms with van der Waals surface area (Å²) >= 11 is 0. The Balaban J connectivity index is 1.54. The number of hydrogen-bond donors (Lipinski definition) is 1. The Kier molecular flexibility index (Phi) is 6.20. The number of aromatic nitrogens is 2. The highest BCUT2D eigenvalue weighted by Crippen LogP contribution is 2.20. The van der Waals surface area contributed by atoms with E-state index in [9.17, 15) is 14.0 Å². The number of hydrogen-bond acceptors (Lipinski definition) is 4. The normalized spacial score (nSPS) is 15.2. The van der Waals surface area contributed by atoms with Crippen LogP contribution in [0.4, 0.5) is 9.18 Å². The maximum Gasteiger partial charge on any atom is 0.407 e. The average Bonchev–Trinajstić information content (AvgIpc) is 3.15. The molecule has 1 N–H and O–H groups in total. The van der Waals surface area contributed by atoms with Gasteiger partial charge in [-0.25, -0.2) is 14.2 Å². The van der Waals surface area contributed by atoms with Gasteiger partial charge in [-0.1, -0.05) is 0 Å². The van der Waals surface area contributed by atoms with Crippen molar-refractivity contribution in [1.82, 2.24) is 19.8 Å². The van der Waals surface area contributed by atoms with Crippen LogP contribution in [0.5, 0.6) is 0 Å². The second kappa shape index (κ2) is 8.63. The van der Waals surface area contributed by atoms with Gasteiger partial charge in [0, 0.05) is 25.3 Å². The third kappa shape index (κ3) is 5.56. The topological polar surface area (TPSA) is 76.5 Å². The van der Waals surface area contributed by atoms with Crippen LogP contribution in [0.2, 0.25) is 0 Å². The predicted molar refractivity (Wildman–Crippen MR) is 106 cm³/mol. The van der Waals surface area contributed by atoms with Crippen molar-refractivity contribution < 1.29 is 18.7 Å². The van der Waals surface area contributed by atoms with Crippen molar-refractivity contribution in [3.8, 4) is 5.69 Å². The molecule has 1 aromatic heterocycles. The Bertz CT molecular complexity index is 850. The minimum Gasteiger partial charge on any atom is -0.444 e. The summed E-state index contributed by atoms with van der Waals surface area (Å²) in [5.41, 5.74) is 0.610. The zero-order chi connectivity index (χ0) is 21.0. The van der Waals surface area contributed by atoms with Gasteiger partial charge in [-0.3, -0.25) is 9.36 Å². The molecule has 2 aromatic rings. The molecule has 8 heteroatoms. The number of amides is 2. The van der Waals surface area contributed by atoms with Crippen LogP contribution in [0.1, 0.15) is 44.1 Å². The fourth-order valence-electron chi connectivity index (χ4n) is 3.30. The minimum atomic E-state index is -0.520. The van der Waals surface area contributed by atoms with Crippen molar-refractivity contribution >= 4 is 12.0 Å². The number of likely N-dealkylation sites (tertiary alicyclic amines) is 1. The van der Waals surface area contributed by atoms with Gasteiger partial charge in [0.25, 0.3) is 5.91 Å². The van der Waals surface area contributed by atoms with Crippen LogP contribution in [0.25, 0.3) is 5.69 Å². The first-order valence-electron chi connectivity index (χ1n) is 9.77. The molecule has 0 bridgehead atoms. The van der Waals surface area contributed by atoms with E-state index in [2.05, 4.69) is 10.3 Å². The number of alkyl carbamates (subject to hydrolysis) is 1. The quantitative estimate of drug-likeness (QED) is 0.851. The van der Waals surface area contributed by atoms with E-state index >= 15 is 0 Å². The molecule has 0 atom stereocenters. The van der Waals surface area contributed by atoms with Crippen LogP contribution >= 0.6 is 0 Å². The van der Waals surface area contributed by atoms with E-state index in [-0.39, 0.29) is 11.7 Å². The Morgan fingerprint density at radius 2 is 1.86 bits per heavy atom. The average molecular weight is 402 g/mol. The minimum absolute atomic E-state index is 0.106. The lowest BCUT2D eigenvalue weighted by Gasteiger charge is -2.32. The van der Waals surface area contributed by atoms with E-state index in [4.69, 9.17) is 4.74 Å². The molecule has 1 aromatic carbocycles. The van der Waals surface area contributed by atoms with Crippen LogP contribution in [-0.2, 0) is 4.74 Å². The molecular weight excluding hydrogens is 375 g/mol. The second-order valence-electron chi connectivity index (χ2n) is 8.24. The van der Waals surface area contributed by atoms with Crippen LogP contribution in [0, 0.1) is 11.7 Å². The van der Waals surface area contributed by atoms with Gasteiger partial charge in [-0.2, -0.15) is 0 Å². The fourth-order valence-corrected chi connectivity index (χ4v) is 3.30. The molecule has 1 saturated heterocycles. The standard InChI is InChI=1S/C21H27FN4O3/c1-21(2,3)29-20(28)24-12-15-8-10-25(11-9-15)19(27)18-13-23-14-26(18)17-6-4-16(22)5-7-17/h4-7,13-15H,8-12H2,1-3H3,(H,24,28). The highest BCUT2D eigenvalue weighted by atomic mass is 19.1. The van der Waals surface area contributed by atoms with Crippen molar-refractivity contribution in [2.75, 3.05) is 19.6 Å². The van der Waals surface area contributed by atoms with Gasteiger partial charge in [0.15, 0.2) is 0 Å². The highest BCUT2D eigenvalue weighted by Gasteiger charge is 2.26. The van der Waals surface area contributed by atoms with Gasteiger partial charge in [0.1, 0.15) is 17.1 Å². The number of nitrogens with zero attached hydrogens (tertiary/aromatic N) is 3. The van der Waals surface area contributed by atoms with Gasteiger partial charge >= 0.3 is 6.09 Å². The summed E-state index contributed by atoms with van der Waals surface area (Å²) in [6.07, 6.45) is 4.26. The summed E-state index contributed by atoms with van der Waals surface area (Å²) in [6.45, 7) is 7.22. The lowest BCUT2D eigenvalue weighted by Crippen LogP contribution is -2.42. The number of piperidine rings is 1. The maximum atomic E-state index is 13.2. The molecule has 2 amide bonds. The molecule has 3 rings (SSSR count). The lowest BCUT2D eigenvalue weighted by atomic mass is 9.96. The SMILES string of the molecule is CC(C)(C)OC(=O)NCC1CCN(C(=O)c2cncn2-c2ccc(F)cc2)CC1. The molecule has 0 spiro atoms. The maximum absolute atomic E-state index is 13.2. The number of imidazole rings is 1. The van der Waals surface area contributed by atoms with E-state index in [0.29, 0.717) is 36.9 Å². The number of ether oxygens (including phenoxy) is 1. The van der Waals surface area contributed by atoms with Gasteiger partial charge in [0.05, 0.1) is 12.5 Å². The second-order valence-corrected chi connectivity index (χ2v) is 8.24. The van der Waals surface area contributed by atoms with Crippen LogP contribution in [-0.4, -0.2) is 51.7 Å². The van der Waals surface area contributed by atoms with Crippen molar-refractivity contribution in [3.05, 3.63) is 48.3 Å². The molecule has 1 aliphatic rings. The molecule has 1 fully saturated rings. The summed E-state index contributed by atoms with van der Waals surface area (Å²) in [5.74, 6) is -0.136. The molecule has 0 saturated carbocycles. The molecule has 0 unspecified atom stereocenters. The van der Waals surface area contributed by atoms with E-state index in [0.717, 1.165) is 12.8 Å². The van der Waals surface area contributed by atoms with Crippen LogP contribution < -0.4 is 5.32 Å². The number of nitrogens with one attached hydrogen (secondary N) is 1. The molecule has 156 valence electrons. The number of carbonyl (C=O) groups is 2. The third-order valence-electron chi connectivity index (χ3n) is 4.80. The van der Waals surface area contributed by atoms with Gasteiger partial charge < -0.3 is 15.0 Å². The Labute approximate surface area is 169 Å². The number of rotatable bonds is 4. The zero-order valence-electron chi connectivity index (χ0n) is 17.0. The number of benzene rings is 1. The Hall–Kier alpha value is -2.90. The van der Waals surface area contributed by atoms with E-state index in [1.165, 1.54) is 18.3 Å². The molecule has 0 radical (unpaired) electrons. The lowest BCUT2D eigenvalue weighted by molar-refractivity contribution is 0.0499. The Morgan fingerprint density at radius 1 is 1.21 bits per heavy atom. The fraction of sp³-hybridized carbons (Fsp3) is 0.476. The summed E-state index contributed by atoms with van der Waals surface area (Å²) < 4.78 is 20.1. The molecular formula is C21H27FN4O3. The molecule has 1 aliphatic heterocycles. The van der Waals surface area contributed by atoms with Crippen LogP contribution in [0.15, 0.2) is 36.8 Å².